The van der Waals surface area contributed by atoms with Crippen LogP contribution in [0.25, 0.3) is 0 Å². The molecule has 0 bridgehead atoms. The van der Waals surface area contributed by atoms with Crippen molar-refractivity contribution in [1.29, 1.82) is 0 Å². The smallest absolute Gasteiger partial charge is 0.246 e. The van der Waals surface area contributed by atoms with Crippen LogP contribution in [0.5, 0.6) is 0 Å². The Balaban J connectivity index is 2.42. The Kier molecular flexibility index (Phi) is 5.24. The van der Waals surface area contributed by atoms with E-state index in [0.29, 0.717) is 6.42 Å². The van der Waals surface area contributed by atoms with Gasteiger partial charge < -0.3 is 10.8 Å². The zero-order valence-electron chi connectivity index (χ0n) is 11.4. The van der Waals surface area contributed by atoms with Gasteiger partial charge >= 0.3 is 0 Å². The summed E-state index contributed by atoms with van der Waals surface area (Å²) in [6, 6.07) is 2.34. The van der Waals surface area contributed by atoms with E-state index >= 15 is 0 Å². The van der Waals surface area contributed by atoms with Gasteiger partial charge in [-0.1, -0.05) is 6.42 Å². The van der Waals surface area contributed by atoms with Crippen LogP contribution in [-0.2, 0) is 10.0 Å². The molecule has 21 heavy (non-hydrogen) atoms. The van der Waals surface area contributed by atoms with Crippen molar-refractivity contribution in [3.05, 3.63) is 22.4 Å². The van der Waals surface area contributed by atoms with Gasteiger partial charge in [0.05, 0.1) is 4.47 Å². The molecule has 1 fully saturated rings. The van der Waals surface area contributed by atoms with Gasteiger partial charge in [-0.05, 0) is 47.3 Å². The Hall–Kier alpha value is -0.700. The summed E-state index contributed by atoms with van der Waals surface area (Å²) in [6.45, 7) is 0.0667. The molecule has 0 amide bonds. The minimum atomic E-state index is -3.97. The van der Waals surface area contributed by atoms with Gasteiger partial charge in [-0.2, -0.15) is 4.31 Å². The monoisotopic (exact) mass is 380 g/mol. The largest absolute Gasteiger partial charge is 0.399 e. The van der Waals surface area contributed by atoms with Crippen LogP contribution in [0.1, 0.15) is 25.7 Å². The molecule has 0 aliphatic heterocycles. The molecule has 1 aromatic rings. The van der Waals surface area contributed by atoms with Crippen LogP contribution in [0.15, 0.2) is 21.5 Å². The lowest BCUT2D eigenvalue weighted by Crippen LogP contribution is -2.45. The number of aliphatic hydroxyl groups excluding tert-OH is 1. The van der Waals surface area contributed by atoms with E-state index in [1.807, 2.05) is 0 Å². The third-order valence-corrected chi connectivity index (χ3v) is 6.15. The van der Waals surface area contributed by atoms with Crippen molar-refractivity contribution in [2.75, 3.05) is 18.9 Å². The average molecular weight is 381 g/mol. The molecule has 1 aromatic carbocycles. The Bertz CT molecular complexity index is 620. The molecule has 8 heteroatoms. The molecule has 0 atom stereocenters. The molecule has 0 saturated heterocycles. The fraction of sp³-hybridized carbons (Fsp3) is 0.538. The molecule has 5 nitrogen and oxygen atoms in total. The van der Waals surface area contributed by atoms with Crippen molar-refractivity contribution < 1.29 is 17.9 Å². The first-order valence-electron chi connectivity index (χ1n) is 6.75. The summed E-state index contributed by atoms with van der Waals surface area (Å²) < 4.78 is 41.0. The van der Waals surface area contributed by atoms with Crippen molar-refractivity contribution in [2.45, 2.75) is 36.6 Å². The van der Waals surface area contributed by atoms with Gasteiger partial charge in [0.2, 0.25) is 10.0 Å². The molecule has 0 aromatic heterocycles. The number of anilines is 1. The van der Waals surface area contributed by atoms with E-state index in [4.69, 9.17) is 10.8 Å². The second-order valence-corrected chi connectivity index (χ2v) is 7.81. The first-order valence-corrected chi connectivity index (χ1v) is 8.98. The van der Waals surface area contributed by atoms with Gasteiger partial charge in [-0.25, -0.2) is 12.8 Å². The summed E-state index contributed by atoms with van der Waals surface area (Å²) in [6.07, 6.45) is 2.80. The lowest BCUT2D eigenvalue weighted by atomic mass is 9.93. The maximum Gasteiger partial charge on any atom is 0.246 e. The minimum Gasteiger partial charge on any atom is -0.399 e. The molecular weight excluding hydrogens is 363 g/mol. The van der Waals surface area contributed by atoms with Crippen molar-refractivity contribution in [3.63, 3.8) is 0 Å². The standard InChI is InChI=1S/C13H18BrFN2O3S/c14-11-7-9(16)8-12(13(11)15)21(19,20)17(5-2-6-18)10-3-1-4-10/h7-8,10,18H,1-6,16H2. The van der Waals surface area contributed by atoms with Gasteiger partial charge in [0, 0.05) is 24.9 Å². The van der Waals surface area contributed by atoms with Gasteiger partial charge in [0.1, 0.15) is 4.90 Å². The lowest BCUT2D eigenvalue weighted by Gasteiger charge is -2.36. The summed E-state index contributed by atoms with van der Waals surface area (Å²) >= 11 is 2.98. The van der Waals surface area contributed by atoms with E-state index in [0.717, 1.165) is 25.3 Å². The summed E-state index contributed by atoms with van der Waals surface area (Å²) in [5.74, 6) is -0.836. The highest BCUT2D eigenvalue weighted by atomic mass is 79.9. The first-order chi connectivity index (χ1) is 9.87. The van der Waals surface area contributed by atoms with Crippen LogP contribution < -0.4 is 5.73 Å². The molecule has 0 unspecified atom stereocenters. The molecule has 2 rings (SSSR count). The Labute approximate surface area is 132 Å². The zero-order chi connectivity index (χ0) is 15.6. The Morgan fingerprint density at radius 3 is 2.62 bits per heavy atom. The first kappa shape index (κ1) is 16.7. The number of halogens is 2. The third-order valence-electron chi connectivity index (χ3n) is 3.62. The van der Waals surface area contributed by atoms with Crippen molar-refractivity contribution in [3.8, 4) is 0 Å². The fourth-order valence-corrected chi connectivity index (χ4v) is 4.75. The summed E-state index contributed by atoms with van der Waals surface area (Å²) in [5, 5.41) is 8.94. The maximum atomic E-state index is 14.2. The lowest BCUT2D eigenvalue weighted by molar-refractivity contribution is 0.198. The number of nitrogen functional groups attached to an aromatic ring is 1. The normalized spacial score (nSPS) is 16.2. The fourth-order valence-electron chi connectivity index (χ4n) is 2.30. The van der Waals surface area contributed by atoms with E-state index in [-0.39, 0.29) is 29.4 Å². The van der Waals surface area contributed by atoms with Gasteiger partial charge in [-0.3, -0.25) is 0 Å². The molecule has 1 saturated carbocycles. The molecule has 0 heterocycles. The number of nitrogens with zero attached hydrogens (tertiary/aromatic N) is 1. The van der Waals surface area contributed by atoms with E-state index < -0.39 is 20.7 Å². The summed E-state index contributed by atoms with van der Waals surface area (Å²) in [5.41, 5.74) is 5.81. The number of hydrogen-bond acceptors (Lipinski definition) is 4. The quantitative estimate of drug-likeness (QED) is 0.740. The molecule has 0 spiro atoms. The predicted molar refractivity (Wildman–Crippen MR) is 81.7 cm³/mol. The number of sulfonamides is 1. The Morgan fingerprint density at radius 1 is 1.43 bits per heavy atom. The van der Waals surface area contributed by atoms with Crippen LogP contribution >= 0.6 is 15.9 Å². The third kappa shape index (κ3) is 3.39. The van der Waals surface area contributed by atoms with Crippen molar-refractivity contribution in [1.82, 2.24) is 4.31 Å². The number of nitrogens with two attached hydrogens (primary N) is 1. The van der Waals surface area contributed by atoms with E-state index in [1.54, 1.807) is 0 Å². The van der Waals surface area contributed by atoms with Crippen molar-refractivity contribution in [2.24, 2.45) is 0 Å². The minimum absolute atomic E-state index is 0.0248. The van der Waals surface area contributed by atoms with Crippen LogP contribution in [0.2, 0.25) is 0 Å². The summed E-state index contributed by atoms with van der Waals surface area (Å²) in [4.78, 5) is -0.417. The average Bonchev–Trinajstić information content (AvgIpc) is 2.36. The van der Waals surface area contributed by atoms with E-state index in [1.165, 1.54) is 10.4 Å². The number of benzene rings is 1. The highest BCUT2D eigenvalue weighted by molar-refractivity contribution is 9.10. The number of aliphatic hydroxyl groups is 1. The molecule has 118 valence electrons. The van der Waals surface area contributed by atoms with Crippen LogP contribution in [0, 0.1) is 5.82 Å². The molecule has 1 aliphatic rings. The predicted octanol–water partition coefficient (Wildman–Crippen LogP) is 2.10. The van der Waals surface area contributed by atoms with Crippen LogP contribution in [0.3, 0.4) is 0 Å². The Morgan fingerprint density at radius 2 is 2.10 bits per heavy atom. The van der Waals surface area contributed by atoms with Crippen molar-refractivity contribution >= 4 is 31.6 Å². The van der Waals surface area contributed by atoms with E-state index in [2.05, 4.69) is 15.9 Å². The topological polar surface area (TPSA) is 83.6 Å². The molecule has 0 radical (unpaired) electrons. The van der Waals surface area contributed by atoms with Gasteiger partial charge in [-0.15, -0.1) is 0 Å². The van der Waals surface area contributed by atoms with Crippen LogP contribution in [0.4, 0.5) is 10.1 Å². The second kappa shape index (κ2) is 6.60. The van der Waals surface area contributed by atoms with Crippen LogP contribution in [-0.4, -0.2) is 37.0 Å². The second-order valence-electron chi connectivity index (χ2n) is 5.09. The SMILES string of the molecule is Nc1cc(Br)c(F)c(S(=O)(=O)N(CCCO)C2CCC2)c1. The number of hydrogen-bond donors (Lipinski definition) is 2. The highest BCUT2D eigenvalue weighted by Crippen LogP contribution is 2.33. The number of rotatable bonds is 6. The molecule has 3 N–H and O–H groups in total. The molecule has 1 aliphatic carbocycles. The highest BCUT2D eigenvalue weighted by Gasteiger charge is 2.36. The maximum absolute atomic E-state index is 14.2. The van der Waals surface area contributed by atoms with Gasteiger partial charge in [0.25, 0.3) is 0 Å². The van der Waals surface area contributed by atoms with Gasteiger partial charge in [0.15, 0.2) is 5.82 Å². The summed E-state index contributed by atoms with van der Waals surface area (Å²) in [7, 11) is -3.97. The zero-order valence-corrected chi connectivity index (χ0v) is 13.8. The van der Waals surface area contributed by atoms with E-state index in [9.17, 15) is 12.8 Å². The molecular formula is C13H18BrFN2O3S.